The van der Waals surface area contributed by atoms with Gasteiger partial charge in [-0.1, -0.05) is 36.4 Å². The fourth-order valence-corrected chi connectivity index (χ4v) is 2.99. The summed E-state index contributed by atoms with van der Waals surface area (Å²) < 4.78 is 5.20. The lowest BCUT2D eigenvalue weighted by molar-refractivity contribution is -0.140. The third-order valence-electron chi connectivity index (χ3n) is 4.73. The molecule has 0 fully saturated rings. The van der Waals surface area contributed by atoms with E-state index in [1.807, 2.05) is 13.8 Å². The van der Waals surface area contributed by atoms with Crippen molar-refractivity contribution in [1.82, 2.24) is 9.80 Å². The molecule has 0 aromatic heterocycles. The Morgan fingerprint density at radius 1 is 0.933 bits per heavy atom. The van der Waals surface area contributed by atoms with Gasteiger partial charge in [-0.15, -0.1) is 0 Å². The van der Waals surface area contributed by atoms with Crippen molar-refractivity contribution in [1.29, 1.82) is 5.26 Å². The summed E-state index contributed by atoms with van der Waals surface area (Å²) in [7, 11) is 1.49. The van der Waals surface area contributed by atoms with Crippen molar-refractivity contribution in [3.63, 3.8) is 0 Å². The van der Waals surface area contributed by atoms with Crippen molar-refractivity contribution >= 4 is 17.8 Å². The molecular weight excluding hydrogens is 382 g/mol. The van der Waals surface area contributed by atoms with Crippen LogP contribution in [0.5, 0.6) is 0 Å². The van der Waals surface area contributed by atoms with Crippen LogP contribution in [0.3, 0.4) is 0 Å². The Bertz CT molecular complexity index is 961. The SMILES string of the molecule is CCN(CC)C(=O)CN(C)C(=O)COC(=O)c1ccccc1-c1ccccc1C#N. The number of ether oxygens (including phenoxy) is 1. The molecule has 0 heterocycles. The van der Waals surface area contributed by atoms with E-state index in [9.17, 15) is 19.6 Å². The molecule has 0 radical (unpaired) electrons. The fraction of sp³-hybridized carbons (Fsp3) is 0.304. The molecule has 156 valence electrons. The summed E-state index contributed by atoms with van der Waals surface area (Å²) in [6, 6.07) is 15.8. The van der Waals surface area contributed by atoms with Crippen molar-refractivity contribution in [3.8, 4) is 17.2 Å². The molecule has 0 saturated carbocycles. The molecule has 0 bridgehead atoms. The van der Waals surface area contributed by atoms with E-state index in [1.165, 1.54) is 11.9 Å². The summed E-state index contributed by atoms with van der Waals surface area (Å²) in [5, 5.41) is 9.35. The van der Waals surface area contributed by atoms with Gasteiger partial charge in [-0.25, -0.2) is 4.79 Å². The molecule has 0 unspecified atom stereocenters. The Labute approximate surface area is 176 Å². The van der Waals surface area contributed by atoms with E-state index >= 15 is 0 Å². The van der Waals surface area contributed by atoms with Gasteiger partial charge in [0.05, 0.1) is 23.7 Å². The molecule has 30 heavy (non-hydrogen) atoms. The number of carbonyl (C=O) groups is 3. The Morgan fingerprint density at radius 3 is 2.17 bits per heavy atom. The summed E-state index contributed by atoms with van der Waals surface area (Å²) in [6.07, 6.45) is 0. The minimum Gasteiger partial charge on any atom is -0.452 e. The molecule has 0 N–H and O–H groups in total. The molecule has 2 amide bonds. The van der Waals surface area contributed by atoms with E-state index in [0.717, 1.165) is 0 Å². The van der Waals surface area contributed by atoms with Crippen molar-refractivity contribution in [2.45, 2.75) is 13.8 Å². The van der Waals surface area contributed by atoms with Gasteiger partial charge >= 0.3 is 5.97 Å². The highest BCUT2D eigenvalue weighted by molar-refractivity contribution is 5.99. The lowest BCUT2D eigenvalue weighted by atomic mass is 9.96. The van der Waals surface area contributed by atoms with E-state index in [1.54, 1.807) is 53.4 Å². The smallest absolute Gasteiger partial charge is 0.339 e. The lowest BCUT2D eigenvalue weighted by Gasteiger charge is -2.23. The maximum Gasteiger partial charge on any atom is 0.339 e. The molecule has 0 spiro atoms. The van der Waals surface area contributed by atoms with Crippen LogP contribution in [0.25, 0.3) is 11.1 Å². The van der Waals surface area contributed by atoms with Gasteiger partial charge in [-0.2, -0.15) is 5.26 Å². The standard InChI is InChI=1S/C23H25N3O4/c1-4-26(5-2)21(27)15-25(3)22(28)16-30-23(29)20-13-9-8-12-19(20)18-11-7-6-10-17(18)14-24/h6-13H,4-5,15-16H2,1-3H3. The average Bonchev–Trinajstić information content (AvgIpc) is 2.77. The number of amides is 2. The second-order valence-electron chi connectivity index (χ2n) is 6.59. The van der Waals surface area contributed by atoms with Gasteiger partial charge < -0.3 is 14.5 Å². The van der Waals surface area contributed by atoms with E-state index < -0.39 is 18.5 Å². The minimum absolute atomic E-state index is 0.0792. The quantitative estimate of drug-likeness (QED) is 0.628. The number of hydrogen-bond acceptors (Lipinski definition) is 5. The summed E-state index contributed by atoms with van der Waals surface area (Å²) in [6.45, 7) is 4.31. The number of nitriles is 1. The zero-order valence-electron chi connectivity index (χ0n) is 17.4. The Hall–Kier alpha value is -3.66. The number of likely N-dealkylation sites (N-methyl/N-ethyl adjacent to an activating group) is 2. The number of esters is 1. The number of nitrogens with zero attached hydrogens (tertiary/aromatic N) is 3. The Kier molecular flexibility index (Phi) is 8.12. The normalized spacial score (nSPS) is 10.1. The lowest BCUT2D eigenvalue weighted by Crippen LogP contribution is -2.42. The second kappa shape index (κ2) is 10.8. The Balaban J connectivity index is 2.08. The van der Waals surface area contributed by atoms with Gasteiger partial charge in [-0.05, 0) is 31.5 Å². The van der Waals surface area contributed by atoms with Crippen LogP contribution in [0.1, 0.15) is 29.8 Å². The zero-order chi connectivity index (χ0) is 22.1. The van der Waals surface area contributed by atoms with Gasteiger partial charge in [-0.3, -0.25) is 9.59 Å². The van der Waals surface area contributed by atoms with Gasteiger partial charge in [0, 0.05) is 25.7 Å². The summed E-state index contributed by atoms with van der Waals surface area (Å²) in [5.41, 5.74) is 1.86. The topological polar surface area (TPSA) is 90.7 Å². The van der Waals surface area contributed by atoms with Crippen molar-refractivity contribution in [3.05, 3.63) is 59.7 Å². The van der Waals surface area contributed by atoms with Gasteiger partial charge in [0.1, 0.15) is 0 Å². The molecule has 0 atom stereocenters. The van der Waals surface area contributed by atoms with Crippen molar-refractivity contribution in [2.75, 3.05) is 33.3 Å². The number of carbonyl (C=O) groups excluding carboxylic acids is 3. The molecule has 2 aromatic rings. The Morgan fingerprint density at radius 2 is 1.53 bits per heavy atom. The minimum atomic E-state index is -0.671. The summed E-state index contributed by atoms with van der Waals surface area (Å²) >= 11 is 0. The molecule has 0 saturated heterocycles. The first kappa shape index (κ1) is 22.6. The maximum atomic E-state index is 12.6. The monoisotopic (exact) mass is 407 g/mol. The third kappa shape index (κ3) is 5.45. The molecule has 2 rings (SSSR count). The average molecular weight is 407 g/mol. The zero-order valence-corrected chi connectivity index (χ0v) is 17.4. The van der Waals surface area contributed by atoms with Crippen LogP contribution < -0.4 is 0 Å². The van der Waals surface area contributed by atoms with E-state index in [4.69, 9.17) is 4.74 Å². The van der Waals surface area contributed by atoms with Crippen LogP contribution in [0.4, 0.5) is 0 Å². The maximum absolute atomic E-state index is 12.6. The first-order chi connectivity index (χ1) is 14.4. The molecule has 0 aliphatic heterocycles. The van der Waals surface area contributed by atoms with Crippen LogP contribution in [0.15, 0.2) is 48.5 Å². The van der Waals surface area contributed by atoms with Gasteiger partial charge in [0.15, 0.2) is 6.61 Å². The van der Waals surface area contributed by atoms with Crippen LogP contribution in [0.2, 0.25) is 0 Å². The summed E-state index contributed by atoms with van der Waals surface area (Å²) in [4.78, 5) is 39.9. The van der Waals surface area contributed by atoms with Gasteiger partial charge in [0.2, 0.25) is 5.91 Å². The summed E-state index contributed by atoms with van der Waals surface area (Å²) in [5.74, 6) is -1.31. The highest BCUT2D eigenvalue weighted by atomic mass is 16.5. The van der Waals surface area contributed by atoms with Crippen molar-refractivity contribution in [2.24, 2.45) is 0 Å². The van der Waals surface area contributed by atoms with E-state index in [-0.39, 0.29) is 18.0 Å². The number of hydrogen-bond donors (Lipinski definition) is 0. The molecular formula is C23H25N3O4. The molecule has 7 nitrogen and oxygen atoms in total. The second-order valence-corrected chi connectivity index (χ2v) is 6.59. The number of benzene rings is 2. The van der Waals surface area contributed by atoms with E-state index in [0.29, 0.717) is 29.8 Å². The van der Waals surface area contributed by atoms with Crippen LogP contribution in [-0.4, -0.2) is 60.9 Å². The highest BCUT2D eigenvalue weighted by Gasteiger charge is 2.20. The predicted molar refractivity (Wildman–Crippen MR) is 112 cm³/mol. The van der Waals surface area contributed by atoms with Crippen molar-refractivity contribution < 1.29 is 19.1 Å². The van der Waals surface area contributed by atoms with Gasteiger partial charge in [0.25, 0.3) is 5.91 Å². The highest BCUT2D eigenvalue weighted by Crippen LogP contribution is 2.27. The molecule has 0 aliphatic rings. The number of rotatable bonds is 8. The largest absolute Gasteiger partial charge is 0.452 e. The van der Waals surface area contributed by atoms with Crippen LogP contribution in [0, 0.1) is 11.3 Å². The fourth-order valence-electron chi connectivity index (χ4n) is 2.99. The third-order valence-corrected chi connectivity index (χ3v) is 4.73. The first-order valence-corrected chi connectivity index (χ1v) is 9.70. The molecule has 2 aromatic carbocycles. The van der Waals surface area contributed by atoms with E-state index in [2.05, 4.69) is 6.07 Å². The first-order valence-electron chi connectivity index (χ1n) is 9.70. The van der Waals surface area contributed by atoms with Crippen LogP contribution in [-0.2, 0) is 14.3 Å². The van der Waals surface area contributed by atoms with Crippen LogP contribution >= 0.6 is 0 Å². The molecule has 0 aliphatic carbocycles. The predicted octanol–water partition coefficient (Wildman–Crippen LogP) is 2.71. The molecule has 7 heteroatoms.